The summed E-state index contributed by atoms with van der Waals surface area (Å²) in [6.45, 7) is 5.11. The molecule has 0 heterocycles. The molecule has 0 N–H and O–H groups in total. The monoisotopic (exact) mass is 396 g/mol. The molecule has 2 aliphatic carbocycles. The fourth-order valence-electron chi connectivity index (χ4n) is 5.43. The van der Waals surface area contributed by atoms with Crippen LogP contribution in [0.25, 0.3) is 0 Å². The number of unbranched alkanes of at least 4 members (excludes halogenated alkanes) is 1. The third kappa shape index (κ3) is 7.83. The molecule has 0 aliphatic heterocycles. The second-order valence-corrected chi connectivity index (χ2v) is 9.69. The lowest BCUT2D eigenvalue weighted by Gasteiger charge is -2.30. The van der Waals surface area contributed by atoms with Crippen LogP contribution in [-0.4, -0.2) is 6.61 Å². The highest BCUT2D eigenvalue weighted by atomic mass is 16.5. The molecule has 0 spiro atoms. The lowest BCUT2D eigenvalue weighted by atomic mass is 9.76. The fraction of sp³-hybridized carbons (Fsp3) is 0.714. The van der Waals surface area contributed by atoms with Crippen LogP contribution in [0.3, 0.4) is 0 Å². The Balaban J connectivity index is 1.30. The van der Waals surface area contributed by atoms with E-state index in [1.54, 1.807) is 5.57 Å². The zero-order chi connectivity index (χ0) is 20.3. The Bertz CT molecular complexity index is 591. The van der Waals surface area contributed by atoms with Gasteiger partial charge in [0.05, 0.1) is 6.61 Å². The molecule has 1 fully saturated rings. The van der Waals surface area contributed by atoms with Gasteiger partial charge in [-0.15, -0.1) is 0 Å². The maximum atomic E-state index is 5.54. The Kier molecular flexibility index (Phi) is 9.64. The van der Waals surface area contributed by atoms with Crippen molar-refractivity contribution in [1.29, 1.82) is 0 Å². The first-order chi connectivity index (χ1) is 14.3. The predicted octanol–water partition coefficient (Wildman–Crippen LogP) is 8.52. The van der Waals surface area contributed by atoms with Gasteiger partial charge in [0.25, 0.3) is 0 Å². The van der Waals surface area contributed by atoms with Crippen molar-refractivity contribution in [2.24, 2.45) is 17.8 Å². The lowest BCUT2D eigenvalue weighted by Crippen LogP contribution is -2.16. The van der Waals surface area contributed by atoms with Crippen molar-refractivity contribution in [3.63, 3.8) is 0 Å². The van der Waals surface area contributed by atoms with Crippen LogP contribution in [-0.2, 0) is 6.42 Å². The fourth-order valence-corrected chi connectivity index (χ4v) is 5.43. The Labute approximate surface area is 180 Å². The molecule has 1 aromatic rings. The number of hydrogen-bond acceptors (Lipinski definition) is 1. The van der Waals surface area contributed by atoms with Gasteiger partial charge in [0.15, 0.2) is 0 Å². The van der Waals surface area contributed by atoms with Gasteiger partial charge in [0, 0.05) is 0 Å². The molecular weight excluding hydrogens is 352 g/mol. The summed E-state index contributed by atoms with van der Waals surface area (Å²) in [5.74, 6) is 4.05. The molecular formula is C28H44O. The minimum Gasteiger partial charge on any atom is -0.494 e. The molecule has 162 valence electrons. The van der Waals surface area contributed by atoms with Crippen LogP contribution in [0.1, 0.15) is 103 Å². The van der Waals surface area contributed by atoms with E-state index in [1.807, 2.05) is 6.92 Å². The van der Waals surface area contributed by atoms with Gasteiger partial charge in [-0.25, -0.2) is 0 Å². The molecule has 1 atom stereocenters. The standard InChI is InChI=1S/C28H44O/c1-3-5-6-23-7-9-24(10-8-23)11-12-25-13-15-26(16-14-25)17-18-27-19-21-28(22-20-27)29-4-2/h15,19-25H,3-14,16-18H2,1-2H3. The minimum atomic E-state index is 0.744. The van der Waals surface area contributed by atoms with Crippen LogP contribution in [0.5, 0.6) is 5.75 Å². The zero-order valence-corrected chi connectivity index (χ0v) is 19.1. The molecule has 0 radical (unpaired) electrons. The van der Waals surface area contributed by atoms with Crippen LogP contribution < -0.4 is 4.74 Å². The van der Waals surface area contributed by atoms with E-state index >= 15 is 0 Å². The molecule has 3 rings (SSSR count). The van der Waals surface area contributed by atoms with Crippen LogP contribution >= 0.6 is 0 Å². The maximum absolute atomic E-state index is 5.54. The number of benzene rings is 1. The van der Waals surface area contributed by atoms with Crippen molar-refractivity contribution in [1.82, 2.24) is 0 Å². The van der Waals surface area contributed by atoms with E-state index < -0.39 is 0 Å². The van der Waals surface area contributed by atoms with Crippen LogP contribution in [0.15, 0.2) is 35.9 Å². The molecule has 1 heteroatoms. The molecule has 1 saturated carbocycles. The molecule has 1 nitrogen and oxygen atoms in total. The number of rotatable bonds is 11. The third-order valence-corrected chi connectivity index (χ3v) is 7.50. The SMILES string of the molecule is CCCCC1CCC(CCC2CC=C(CCc3ccc(OCC)cc3)CC2)CC1. The minimum absolute atomic E-state index is 0.744. The molecule has 0 aromatic heterocycles. The van der Waals surface area contributed by atoms with Gasteiger partial charge in [-0.05, 0) is 80.9 Å². The average Bonchev–Trinajstić information content (AvgIpc) is 2.77. The Morgan fingerprint density at radius 3 is 2.10 bits per heavy atom. The van der Waals surface area contributed by atoms with Crippen LogP contribution in [0.2, 0.25) is 0 Å². The van der Waals surface area contributed by atoms with Gasteiger partial charge < -0.3 is 4.74 Å². The first kappa shape index (κ1) is 22.4. The van der Waals surface area contributed by atoms with Gasteiger partial charge in [-0.1, -0.05) is 82.1 Å². The largest absolute Gasteiger partial charge is 0.494 e. The smallest absolute Gasteiger partial charge is 0.119 e. The second-order valence-electron chi connectivity index (χ2n) is 9.69. The predicted molar refractivity (Wildman–Crippen MR) is 126 cm³/mol. The number of hydrogen-bond donors (Lipinski definition) is 0. The normalized spacial score (nSPS) is 24.9. The highest BCUT2D eigenvalue weighted by Crippen LogP contribution is 2.37. The van der Waals surface area contributed by atoms with E-state index in [9.17, 15) is 0 Å². The van der Waals surface area contributed by atoms with Crippen molar-refractivity contribution >= 4 is 0 Å². The highest BCUT2D eigenvalue weighted by molar-refractivity contribution is 5.28. The summed E-state index contributed by atoms with van der Waals surface area (Å²) in [6, 6.07) is 8.69. The number of allylic oxidation sites excluding steroid dienone is 2. The Hall–Kier alpha value is -1.24. The lowest BCUT2D eigenvalue weighted by molar-refractivity contribution is 0.235. The van der Waals surface area contributed by atoms with Crippen molar-refractivity contribution in [3.8, 4) is 5.75 Å². The van der Waals surface area contributed by atoms with E-state index in [-0.39, 0.29) is 0 Å². The Morgan fingerprint density at radius 1 is 0.793 bits per heavy atom. The van der Waals surface area contributed by atoms with E-state index in [0.29, 0.717) is 0 Å². The van der Waals surface area contributed by atoms with E-state index in [2.05, 4.69) is 37.3 Å². The maximum Gasteiger partial charge on any atom is 0.119 e. The summed E-state index contributed by atoms with van der Waals surface area (Å²) in [4.78, 5) is 0. The van der Waals surface area contributed by atoms with Crippen LogP contribution in [0.4, 0.5) is 0 Å². The first-order valence-corrected chi connectivity index (χ1v) is 12.7. The zero-order valence-electron chi connectivity index (χ0n) is 19.1. The van der Waals surface area contributed by atoms with E-state index in [1.165, 1.54) is 95.5 Å². The topological polar surface area (TPSA) is 9.23 Å². The molecule has 0 amide bonds. The van der Waals surface area contributed by atoms with E-state index in [0.717, 1.165) is 30.1 Å². The van der Waals surface area contributed by atoms with Gasteiger partial charge in [0.1, 0.15) is 5.75 Å². The summed E-state index contributed by atoms with van der Waals surface area (Å²) in [5, 5.41) is 0. The van der Waals surface area contributed by atoms with Gasteiger partial charge in [-0.2, -0.15) is 0 Å². The molecule has 29 heavy (non-hydrogen) atoms. The van der Waals surface area contributed by atoms with Crippen molar-refractivity contribution in [2.75, 3.05) is 6.61 Å². The molecule has 2 aliphatic rings. The second kappa shape index (κ2) is 12.5. The molecule has 0 saturated heterocycles. The van der Waals surface area contributed by atoms with Gasteiger partial charge in [0.2, 0.25) is 0 Å². The summed E-state index contributed by atoms with van der Waals surface area (Å²) in [5.41, 5.74) is 3.14. The average molecular weight is 397 g/mol. The summed E-state index contributed by atoms with van der Waals surface area (Å²) in [7, 11) is 0. The quantitative estimate of drug-likeness (QED) is 0.340. The van der Waals surface area contributed by atoms with Crippen LogP contribution in [0, 0.1) is 17.8 Å². The van der Waals surface area contributed by atoms with Gasteiger partial charge in [-0.3, -0.25) is 0 Å². The van der Waals surface area contributed by atoms with Crippen molar-refractivity contribution in [3.05, 3.63) is 41.5 Å². The third-order valence-electron chi connectivity index (χ3n) is 7.50. The van der Waals surface area contributed by atoms with Crippen molar-refractivity contribution < 1.29 is 4.74 Å². The first-order valence-electron chi connectivity index (χ1n) is 12.7. The Morgan fingerprint density at radius 2 is 1.48 bits per heavy atom. The van der Waals surface area contributed by atoms with Gasteiger partial charge >= 0.3 is 0 Å². The molecule has 0 bridgehead atoms. The van der Waals surface area contributed by atoms with E-state index in [4.69, 9.17) is 4.74 Å². The molecule has 1 aromatic carbocycles. The molecule has 1 unspecified atom stereocenters. The summed E-state index contributed by atoms with van der Waals surface area (Å²) < 4.78 is 5.54. The highest BCUT2D eigenvalue weighted by Gasteiger charge is 2.22. The number of aryl methyl sites for hydroxylation is 1. The number of ether oxygens (including phenoxy) is 1. The summed E-state index contributed by atoms with van der Waals surface area (Å²) >= 11 is 0. The summed E-state index contributed by atoms with van der Waals surface area (Å²) in [6.07, 6.45) is 22.5. The van der Waals surface area contributed by atoms with Crippen molar-refractivity contribution in [2.45, 2.75) is 104 Å².